The molecule has 5 heteroatoms. The fourth-order valence-corrected chi connectivity index (χ4v) is 2.82. The Morgan fingerprint density at radius 2 is 2.16 bits per heavy atom. The Kier molecular flexibility index (Phi) is 3.38. The average molecular weight is 262 g/mol. The van der Waals surface area contributed by atoms with Gasteiger partial charge in [-0.3, -0.25) is 9.59 Å². The number of aromatic amines is 1. The van der Waals surface area contributed by atoms with Gasteiger partial charge in [-0.2, -0.15) is 0 Å². The third-order valence-electron chi connectivity index (χ3n) is 3.90. The zero-order chi connectivity index (χ0) is 13.2. The van der Waals surface area contributed by atoms with E-state index in [-0.39, 0.29) is 17.6 Å². The van der Waals surface area contributed by atoms with E-state index in [2.05, 4.69) is 4.98 Å². The van der Waals surface area contributed by atoms with Gasteiger partial charge in [-0.15, -0.1) is 0 Å². The standard InChI is InChI=1S/C14H18N2O3/c17-13-4-3-10-5-7-16(8-6-11(10)15-13)14(18)12-2-1-9-19-12/h3-4,12H,1-2,5-9H2,(H,15,17)/t12-/m1/s1. The zero-order valence-corrected chi connectivity index (χ0v) is 10.9. The van der Waals surface area contributed by atoms with Gasteiger partial charge in [0.15, 0.2) is 0 Å². The van der Waals surface area contributed by atoms with E-state index in [1.165, 1.54) is 0 Å². The van der Waals surface area contributed by atoms with Crippen molar-refractivity contribution in [1.82, 2.24) is 9.88 Å². The Balaban J connectivity index is 1.72. The second-order valence-corrected chi connectivity index (χ2v) is 5.15. The summed E-state index contributed by atoms with van der Waals surface area (Å²) in [5, 5.41) is 0. The number of nitrogens with zero attached hydrogens (tertiary/aromatic N) is 1. The van der Waals surface area contributed by atoms with Gasteiger partial charge in [0.2, 0.25) is 5.56 Å². The lowest BCUT2D eigenvalue weighted by atomic mass is 10.1. The van der Waals surface area contributed by atoms with Crippen molar-refractivity contribution in [2.24, 2.45) is 0 Å². The number of hydrogen-bond donors (Lipinski definition) is 1. The molecule has 0 saturated carbocycles. The highest BCUT2D eigenvalue weighted by Gasteiger charge is 2.29. The van der Waals surface area contributed by atoms with Crippen LogP contribution in [0, 0.1) is 0 Å². The number of carbonyl (C=O) groups excluding carboxylic acids is 1. The minimum atomic E-state index is -0.250. The first-order valence-electron chi connectivity index (χ1n) is 6.85. The summed E-state index contributed by atoms with van der Waals surface area (Å²) in [6, 6.07) is 3.42. The van der Waals surface area contributed by atoms with Crippen LogP contribution in [0.5, 0.6) is 0 Å². The maximum absolute atomic E-state index is 12.3. The number of hydrogen-bond acceptors (Lipinski definition) is 3. The Hall–Kier alpha value is -1.62. The molecule has 1 aromatic rings. The topological polar surface area (TPSA) is 62.4 Å². The summed E-state index contributed by atoms with van der Waals surface area (Å²) in [6.07, 6.45) is 3.06. The Morgan fingerprint density at radius 3 is 2.95 bits per heavy atom. The maximum atomic E-state index is 12.3. The van der Waals surface area contributed by atoms with Gasteiger partial charge in [-0.25, -0.2) is 0 Å². The van der Waals surface area contributed by atoms with Crippen LogP contribution in [0.2, 0.25) is 0 Å². The summed E-state index contributed by atoms with van der Waals surface area (Å²) in [5.41, 5.74) is 2.04. The fraction of sp³-hybridized carbons (Fsp3) is 0.571. The van der Waals surface area contributed by atoms with Crippen LogP contribution < -0.4 is 5.56 Å². The smallest absolute Gasteiger partial charge is 0.251 e. The minimum Gasteiger partial charge on any atom is -0.368 e. The number of rotatable bonds is 1. The predicted molar refractivity (Wildman–Crippen MR) is 70.0 cm³/mol. The van der Waals surface area contributed by atoms with Crippen molar-refractivity contribution in [3.63, 3.8) is 0 Å². The molecule has 3 rings (SSSR count). The van der Waals surface area contributed by atoms with Crippen LogP contribution in [0.25, 0.3) is 0 Å². The summed E-state index contributed by atoms with van der Waals surface area (Å²) in [5.74, 6) is 0.104. The molecule has 0 aromatic carbocycles. The molecule has 1 amide bonds. The van der Waals surface area contributed by atoms with Crippen LogP contribution in [0.15, 0.2) is 16.9 Å². The van der Waals surface area contributed by atoms with Crippen LogP contribution in [0.1, 0.15) is 24.1 Å². The quantitative estimate of drug-likeness (QED) is 0.800. The number of ether oxygens (including phenoxy) is 1. The highest BCUT2D eigenvalue weighted by atomic mass is 16.5. The molecule has 1 fully saturated rings. The molecule has 1 N–H and O–H groups in total. The van der Waals surface area contributed by atoms with Crippen LogP contribution >= 0.6 is 0 Å². The van der Waals surface area contributed by atoms with Gasteiger partial charge >= 0.3 is 0 Å². The molecule has 19 heavy (non-hydrogen) atoms. The molecule has 102 valence electrons. The molecule has 0 spiro atoms. The van der Waals surface area contributed by atoms with Crippen LogP contribution in [0.3, 0.4) is 0 Å². The molecule has 0 bridgehead atoms. The van der Waals surface area contributed by atoms with Crippen molar-refractivity contribution in [2.45, 2.75) is 31.8 Å². The molecular formula is C14H18N2O3. The Bertz CT molecular complexity index is 532. The number of amides is 1. The lowest BCUT2D eigenvalue weighted by Crippen LogP contribution is -2.40. The SMILES string of the molecule is O=C([C@H]1CCCO1)N1CCc2ccc(=O)[nH]c2CC1. The number of carbonyl (C=O) groups is 1. The van der Waals surface area contributed by atoms with E-state index in [9.17, 15) is 9.59 Å². The molecule has 5 nitrogen and oxygen atoms in total. The third kappa shape index (κ3) is 2.56. The van der Waals surface area contributed by atoms with Crippen LogP contribution in [-0.2, 0) is 22.4 Å². The fourth-order valence-electron chi connectivity index (χ4n) is 2.82. The number of pyridine rings is 1. The maximum Gasteiger partial charge on any atom is 0.251 e. The Morgan fingerprint density at radius 1 is 1.32 bits per heavy atom. The molecule has 1 atom stereocenters. The second-order valence-electron chi connectivity index (χ2n) is 5.15. The summed E-state index contributed by atoms with van der Waals surface area (Å²) in [7, 11) is 0. The van der Waals surface area contributed by atoms with E-state index in [1.807, 2.05) is 11.0 Å². The van der Waals surface area contributed by atoms with E-state index < -0.39 is 0 Å². The van der Waals surface area contributed by atoms with Crippen molar-refractivity contribution >= 4 is 5.91 Å². The minimum absolute atomic E-state index is 0.0716. The molecule has 2 aliphatic heterocycles. The summed E-state index contributed by atoms with van der Waals surface area (Å²) in [4.78, 5) is 28.4. The van der Waals surface area contributed by atoms with Crippen molar-refractivity contribution in [3.05, 3.63) is 33.7 Å². The molecule has 1 aromatic heterocycles. The van der Waals surface area contributed by atoms with Crippen LogP contribution in [-0.4, -0.2) is 41.6 Å². The van der Waals surface area contributed by atoms with E-state index in [4.69, 9.17) is 4.74 Å². The number of fused-ring (bicyclic) bond motifs is 1. The van der Waals surface area contributed by atoms with Gasteiger partial charge in [0.1, 0.15) is 6.10 Å². The van der Waals surface area contributed by atoms with Gasteiger partial charge in [0, 0.05) is 37.9 Å². The first kappa shape index (κ1) is 12.4. The molecule has 3 heterocycles. The Labute approximate surface area is 111 Å². The zero-order valence-electron chi connectivity index (χ0n) is 10.9. The van der Waals surface area contributed by atoms with Gasteiger partial charge in [0.25, 0.3) is 5.91 Å². The van der Waals surface area contributed by atoms with E-state index >= 15 is 0 Å². The van der Waals surface area contributed by atoms with Gasteiger partial charge in [-0.1, -0.05) is 6.07 Å². The van der Waals surface area contributed by atoms with E-state index in [0.717, 1.165) is 30.5 Å². The van der Waals surface area contributed by atoms with Crippen molar-refractivity contribution in [1.29, 1.82) is 0 Å². The van der Waals surface area contributed by atoms with Gasteiger partial charge in [-0.05, 0) is 24.8 Å². The highest BCUT2D eigenvalue weighted by Crippen LogP contribution is 2.18. The van der Waals surface area contributed by atoms with Gasteiger partial charge < -0.3 is 14.6 Å². The first-order chi connectivity index (χ1) is 9.24. The van der Waals surface area contributed by atoms with Gasteiger partial charge in [0.05, 0.1) is 0 Å². The molecule has 0 unspecified atom stereocenters. The molecular weight excluding hydrogens is 244 g/mol. The molecule has 1 saturated heterocycles. The lowest BCUT2D eigenvalue weighted by molar-refractivity contribution is -0.140. The second kappa shape index (κ2) is 5.17. The van der Waals surface area contributed by atoms with E-state index in [1.54, 1.807) is 6.07 Å². The van der Waals surface area contributed by atoms with Crippen molar-refractivity contribution < 1.29 is 9.53 Å². The van der Waals surface area contributed by atoms with Crippen molar-refractivity contribution in [3.8, 4) is 0 Å². The predicted octanol–water partition coefficient (Wildman–Crippen LogP) is 0.481. The normalized spacial score (nSPS) is 22.9. The lowest BCUT2D eigenvalue weighted by Gasteiger charge is -2.23. The summed E-state index contributed by atoms with van der Waals surface area (Å²) >= 11 is 0. The molecule has 0 aliphatic carbocycles. The van der Waals surface area contributed by atoms with E-state index in [0.29, 0.717) is 26.1 Å². The molecule has 0 radical (unpaired) electrons. The van der Waals surface area contributed by atoms with Crippen LogP contribution in [0.4, 0.5) is 0 Å². The summed E-state index contributed by atoms with van der Waals surface area (Å²) < 4.78 is 5.46. The highest BCUT2D eigenvalue weighted by molar-refractivity contribution is 5.81. The molecule has 2 aliphatic rings. The summed E-state index contributed by atoms with van der Waals surface area (Å²) in [6.45, 7) is 2.06. The number of nitrogens with one attached hydrogen (secondary N) is 1. The first-order valence-corrected chi connectivity index (χ1v) is 6.85. The third-order valence-corrected chi connectivity index (χ3v) is 3.90. The number of H-pyrrole nitrogens is 1. The van der Waals surface area contributed by atoms with Crippen molar-refractivity contribution in [2.75, 3.05) is 19.7 Å². The average Bonchev–Trinajstić information content (AvgIpc) is 2.86. The monoisotopic (exact) mass is 262 g/mol. The number of aromatic nitrogens is 1. The largest absolute Gasteiger partial charge is 0.368 e.